The highest BCUT2D eigenvalue weighted by molar-refractivity contribution is 9.11. The molecule has 6 heteroatoms. The Morgan fingerprint density at radius 2 is 1.94 bits per heavy atom. The van der Waals surface area contributed by atoms with Crippen molar-refractivity contribution in [1.82, 2.24) is 9.97 Å². The lowest BCUT2D eigenvalue weighted by atomic mass is 10.3. The van der Waals surface area contributed by atoms with E-state index in [0.717, 1.165) is 20.3 Å². The van der Waals surface area contributed by atoms with Crippen molar-refractivity contribution < 1.29 is 0 Å². The largest absolute Gasteiger partial charge is 0.339 e. The van der Waals surface area contributed by atoms with Crippen molar-refractivity contribution in [1.29, 1.82) is 0 Å². The third kappa shape index (κ3) is 3.40. The maximum Gasteiger partial charge on any atom is 0.224 e. The Labute approximate surface area is 121 Å². The summed E-state index contributed by atoms with van der Waals surface area (Å²) in [5.74, 6) is 0.668. The van der Waals surface area contributed by atoms with E-state index in [9.17, 15) is 0 Å². The minimum Gasteiger partial charge on any atom is -0.339 e. The summed E-state index contributed by atoms with van der Waals surface area (Å²) < 4.78 is 1.94. The van der Waals surface area contributed by atoms with Crippen LogP contribution in [0.4, 0.5) is 11.5 Å². The summed E-state index contributed by atoms with van der Waals surface area (Å²) in [6, 6.07) is 7.68. The van der Waals surface area contributed by atoms with Crippen LogP contribution in [0.1, 0.15) is 5.69 Å². The van der Waals surface area contributed by atoms with Crippen LogP contribution in [-0.2, 0) is 0 Å². The second kappa shape index (κ2) is 5.33. The van der Waals surface area contributed by atoms with Crippen molar-refractivity contribution in [2.24, 2.45) is 0 Å². The van der Waals surface area contributed by atoms with Crippen LogP contribution in [0.15, 0.2) is 33.2 Å². The van der Waals surface area contributed by atoms with Gasteiger partial charge in [0.1, 0.15) is 5.82 Å². The van der Waals surface area contributed by atoms with Crippen LogP contribution in [0, 0.1) is 6.92 Å². The summed E-state index contributed by atoms with van der Waals surface area (Å²) in [4.78, 5) is 8.12. The lowest BCUT2D eigenvalue weighted by Crippen LogP contribution is -1.97. The van der Waals surface area contributed by atoms with Crippen molar-refractivity contribution in [3.63, 3.8) is 0 Å². The zero-order valence-electron chi connectivity index (χ0n) is 8.84. The van der Waals surface area contributed by atoms with Crippen LogP contribution in [-0.4, -0.2) is 9.97 Å². The molecule has 0 aliphatic heterocycles. The van der Waals surface area contributed by atoms with Gasteiger partial charge in [-0.25, -0.2) is 9.97 Å². The normalized spacial score (nSPS) is 10.4. The summed E-state index contributed by atoms with van der Waals surface area (Å²) in [6.45, 7) is 1.87. The average Bonchev–Trinajstić information content (AvgIpc) is 2.22. The molecule has 0 spiro atoms. The third-order valence-electron chi connectivity index (χ3n) is 2.02. The van der Waals surface area contributed by atoms with Gasteiger partial charge in [0.15, 0.2) is 0 Å². The predicted octanol–water partition coefficient (Wildman–Crippen LogP) is 4.71. The number of nitrogens with one attached hydrogen (secondary N) is 1. The molecule has 0 atom stereocenters. The van der Waals surface area contributed by atoms with Gasteiger partial charge < -0.3 is 5.32 Å². The first-order valence-corrected chi connectivity index (χ1v) is 6.74. The molecule has 0 fully saturated rings. The van der Waals surface area contributed by atoms with Gasteiger partial charge in [-0.3, -0.25) is 0 Å². The van der Waals surface area contributed by atoms with Crippen LogP contribution in [0.25, 0.3) is 0 Å². The van der Waals surface area contributed by atoms with Crippen LogP contribution >= 0.6 is 43.5 Å². The molecule has 0 bridgehead atoms. The van der Waals surface area contributed by atoms with Crippen molar-refractivity contribution in [3.05, 3.63) is 44.2 Å². The second-order valence-corrected chi connectivity index (χ2v) is 5.52. The predicted molar refractivity (Wildman–Crippen MR) is 76.9 cm³/mol. The number of halogens is 3. The van der Waals surface area contributed by atoms with Gasteiger partial charge in [0.05, 0.1) is 5.69 Å². The molecule has 0 radical (unpaired) electrons. The van der Waals surface area contributed by atoms with Gasteiger partial charge in [0, 0.05) is 20.7 Å². The number of rotatable bonds is 2. The Hall–Kier alpha value is -0.650. The average molecular weight is 377 g/mol. The molecule has 17 heavy (non-hydrogen) atoms. The molecule has 1 N–H and O–H groups in total. The highest BCUT2D eigenvalue weighted by Crippen LogP contribution is 2.28. The molecule has 1 heterocycles. The summed E-state index contributed by atoms with van der Waals surface area (Å²) in [5, 5.41) is 3.42. The highest BCUT2D eigenvalue weighted by atomic mass is 79.9. The van der Waals surface area contributed by atoms with E-state index in [0.29, 0.717) is 5.82 Å². The number of benzene rings is 1. The van der Waals surface area contributed by atoms with Gasteiger partial charge >= 0.3 is 0 Å². The van der Waals surface area contributed by atoms with E-state index in [1.165, 1.54) is 0 Å². The minimum absolute atomic E-state index is 0.235. The van der Waals surface area contributed by atoms with E-state index in [2.05, 4.69) is 47.1 Å². The standard InChI is InChI=1S/C11H8Br2ClN3/c1-6-4-10(17-11(14)15-6)16-9-5-7(12)2-3-8(9)13/h2-5H,1H3,(H,15,16,17). The van der Waals surface area contributed by atoms with Gasteiger partial charge in [-0.15, -0.1) is 0 Å². The quantitative estimate of drug-likeness (QED) is 0.771. The van der Waals surface area contributed by atoms with E-state index in [1.807, 2.05) is 31.2 Å². The first-order valence-electron chi connectivity index (χ1n) is 4.78. The van der Waals surface area contributed by atoms with Gasteiger partial charge in [-0.05, 0) is 52.7 Å². The maximum atomic E-state index is 5.80. The molecule has 0 aliphatic carbocycles. The lowest BCUT2D eigenvalue weighted by molar-refractivity contribution is 1.10. The van der Waals surface area contributed by atoms with Crippen molar-refractivity contribution in [2.45, 2.75) is 6.92 Å². The number of hydrogen-bond donors (Lipinski definition) is 1. The van der Waals surface area contributed by atoms with Crippen molar-refractivity contribution in [3.8, 4) is 0 Å². The molecule has 2 rings (SSSR count). The molecular formula is C11H8Br2ClN3. The number of aryl methyl sites for hydroxylation is 1. The van der Waals surface area contributed by atoms with Gasteiger partial charge in [-0.1, -0.05) is 15.9 Å². The molecule has 0 unspecified atom stereocenters. The highest BCUT2D eigenvalue weighted by Gasteiger charge is 2.04. The molecule has 3 nitrogen and oxygen atoms in total. The molecular weight excluding hydrogens is 369 g/mol. The van der Waals surface area contributed by atoms with E-state index < -0.39 is 0 Å². The SMILES string of the molecule is Cc1cc(Nc2cc(Br)ccc2Br)nc(Cl)n1. The number of hydrogen-bond acceptors (Lipinski definition) is 3. The number of nitrogens with zero attached hydrogens (tertiary/aromatic N) is 2. The van der Waals surface area contributed by atoms with Gasteiger partial charge in [-0.2, -0.15) is 0 Å². The molecule has 1 aromatic carbocycles. The van der Waals surface area contributed by atoms with Crippen LogP contribution in [0.3, 0.4) is 0 Å². The van der Waals surface area contributed by atoms with Crippen LogP contribution in [0.5, 0.6) is 0 Å². The topological polar surface area (TPSA) is 37.8 Å². The Morgan fingerprint density at radius 3 is 2.65 bits per heavy atom. The molecule has 2 aromatic rings. The van der Waals surface area contributed by atoms with Crippen molar-refractivity contribution in [2.75, 3.05) is 5.32 Å². The Balaban J connectivity index is 2.34. The maximum absolute atomic E-state index is 5.80. The summed E-state index contributed by atoms with van der Waals surface area (Å²) >= 11 is 12.7. The number of aromatic nitrogens is 2. The Morgan fingerprint density at radius 1 is 1.18 bits per heavy atom. The monoisotopic (exact) mass is 375 g/mol. The summed E-state index contributed by atoms with van der Waals surface area (Å²) in [6.07, 6.45) is 0. The molecule has 88 valence electrons. The van der Waals surface area contributed by atoms with E-state index >= 15 is 0 Å². The second-order valence-electron chi connectivity index (χ2n) is 3.41. The lowest BCUT2D eigenvalue weighted by Gasteiger charge is -2.09. The molecule has 1 aromatic heterocycles. The van der Waals surface area contributed by atoms with Crippen LogP contribution < -0.4 is 5.32 Å². The Kier molecular flexibility index (Phi) is 4.01. The molecule has 0 saturated carbocycles. The minimum atomic E-state index is 0.235. The van der Waals surface area contributed by atoms with Gasteiger partial charge in [0.2, 0.25) is 5.28 Å². The smallest absolute Gasteiger partial charge is 0.224 e. The van der Waals surface area contributed by atoms with Crippen molar-refractivity contribution >= 4 is 55.0 Å². The summed E-state index contributed by atoms with van der Waals surface area (Å²) in [7, 11) is 0. The number of anilines is 2. The Bertz CT molecular complexity index is 540. The third-order valence-corrected chi connectivity index (χ3v) is 3.37. The zero-order chi connectivity index (χ0) is 12.4. The fourth-order valence-corrected chi connectivity index (χ4v) is 2.26. The zero-order valence-corrected chi connectivity index (χ0v) is 12.8. The summed E-state index contributed by atoms with van der Waals surface area (Å²) in [5.41, 5.74) is 1.73. The first kappa shape index (κ1) is 12.8. The van der Waals surface area contributed by atoms with Crippen LogP contribution in [0.2, 0.25) is 5.28 Å². The van der Waals surface area contributed by atoms with E-state index in [4.69, 9.17) is 11.6 Å². The molecule has 0 aliphatic rings. The molecule has 0 amide bonds. The van der Waals surface area contributed by atoms with E-state index in [1.54, 1.807) is 0 Å². The van der Waals surface area contributed by atoms with Gasteiger partial charge in [0.25, 0.3) is 0 Å². The molecule has 0 saturated heterocycles. The fraction of sp³-hybridized carbons (Fsp3) is 0.0909. The fourth-order valence-electron chi connectivity index (χ4n) is 1.33. The first-order chi connectivity index (χ1) is 8.04. The van der Waals surface area contributed by atoms with E-state index in [-0.39, 0.29) is 5.28 Å².